The number of nitrogens with one attached hydrogen (secondary N) is 1. The molecule has 1 N–H and O–H groups in total. The summed E-state index contributed by atoms with van der Waals surface area (Å²) in [5, 5.41) is 15.2. The first kappa shape index (κ1) is 20.5. The number of pyridine rings is 1. The van der Waals surface area contributed by atoms with Crippen molar-refractivity contribution in [2.24, 2.45) is 5.92 Å². The van der Waals surface area contributed by atoms with Crippen molar-refractivity contribution >= 4 is 22.4 Å². The highest BCUT2D eigenvalue weighted by Crippen LogP contribution is 2.32. The molecule has 2 aliphatic heterocycles. The predicted octanol–water partition coefficient (Wildman–Crippen LogP) is 3.74. The number of aromatic nitrogens is 1. The number of carbonyl (C=O) groups excluding carboxylic acids is 1. The van der Waals surface area contributed by atoms with Crippen molar-refractivity contribution in [3.8, 4) is 17.2 Å². The van der Waals surface area contributed by atoms with Gasteiger partial charge < -0.3 is 15.1 Å². The Hall–Kier alpha value is -3.43. The van der Waals surface area contributed by atoms with Crippen LogP contribution in [0.15, 0.2) is 54.9 Å². The monoisotopic (exact) mass is 425 g/mol. The third kappa shape index (κ3) is 4.04. The average molecular weight is 426 g/mol. The topological polar surface area (TPSA) is 72.3 Å². The van der Waals surface area contributed by atoms with Crippen molar-refractivity contribution in [2.75, 3.05) is 38.5 Å². The molecule has 0 bridgehead atoms. The van der Waals surface area contributed by atoms with Gasteiger partial charge in [-0.2, -0.15) is 5.26 Å². The number of hydrogen-bond acceptors (Lipinski definition) is 5. The molecule has 0 spiro atoms. The lowest BCUT2D eigenvalue weighted by atomic mass is 9.96. The molecule has 0 radical (unpaired) electrons. The molecule has 3 heterocycles. The van der Waals surface area contributed by atoms with Crippen molar-refractivity contribution in [3.05, 3.63) is 60.4 Å². The molecule has 2 aromatic carbocycles. The van der Waals surface area contributed by atoms with Crippen LogP contribution in [0.3, 0.4) is 0 Å². The van der Waals surface area contributed by atoms with E-state index in [1.54, 1.807) is 0 Å². The zero-order chi connectivity index (χ0) is 22.1. The fourth-order valence-corrected chi connectivity index (χ4v) is 4.83. The fourth-order valence-electron chi connectivity index (χ4n) is 4.83. The number of rotatable bonds is 4. The highest BCUT2D eigenvalue weighted by molar-refractivity contribution is 5.97. The lowest BCUT2D eigenvalue weighted by molar-refractivity contribution is -0.141. The van der Waals surface area contributed by atoms with E-state index in [4.69, 9.17) is 0 Å². The predicted molar refractivity (Wildman–Crippen MR) is 126 cm³/mol. The van der Waals surface area contributed by atoms with Gasteiger partial charge in [0.2, 0.25) is 5.91 Å². The molecule has 0 saturated carbocycles. The zero-order valence-corrected chi connectivity index (χ0v) is 18.3. The molecule has 0 unspecified atom stereocenters. The number of hydrogen-bond donors (Lipinski definition) is 1. The number of anilines is 1. The molecule has 0 aliphatic carbocycles. The van der Waals surface area contributed by atoms with Gasteiger partial charge in [0, 0.05) is 55.7 Å². The van der Waals surface area contributed by atoms with Crippen LogP contribution in [-0.4, -0.2) is 60.0 Å². The number of piperidine rings is 1. The Labute approximate surface area is 188 Å². The van der Waals surface area contributed by atoms with Crippen molar-refractivity contribution in [1.29, 1.82) is 5.26 Å². The second-order valence-corrected chi connectivity index (χ2v) is 8.98. The van der Waals surface area contributed by atoms with E-state index in [0.29, 0.717) is 17.5 Å². The Kier molecular flexibility index (Phi) is 5.50. The lowest BCUT2D eigenvalue weighted by Crippen LogP contribution is -2.54. The number of carbonyl (C=O) groups is 1. The standard InChI is InChI=1S/C26H27N5O/c1-30-16-22(17-30)26(32)31-9-6-23(7-10-31)29-25-13-21(12-20-5-8-28-15-24(20)25)19-4-2-3-18(11-19)14-27/h2-5,8,11-13,15,22-23,29H,6-7,9-10,16-17H2,1H3. The van der Waals surface area contributed by atoms with Crippen LogP contribution >= 0.6 is 0 Å². The Morgan fingerprint density at radius 2 is 1.94 bits per heavy atom. The van der Waals surface area contributed by atoms with Crippen LogP contribution in [0.5, 0.6) is 0 Å². The maximum Gasteiger partial charge on any atom is 0.228 e. The van der Waals surface area contributed by atoms with Crippen molar-refractivity contribution in [1.82, 2.24) is 14.8 Å². The third-order valence-electron chi connectivity index (χ3n) is 6.66. The van der Waals surface area contributed by atoms with Gasteiger partial charge in [0.05, 0.1) is 17.6 Å². The summed E-state index contributed by atoms with van der Waals surface area (Å²) in [6.07, 6.45) is 5.58. The average Bonchev–Trinajstić information content (AvgIpc) is 2.82. The van der Waals surface area contributed by atoms with Gasteiger partial charge in [-0.15, -0.1) is 0 Å². The maximum absolute atomic E-state index is 12.7. The molecule has 1 aromatic heterocycles. The minimum atomic E-state index is 0.181. The number of nitrogens with zero attached hydrogens (tertiary/aromatic N) is 4. The molecule has 5 rings (SSSR count). The molecule has 1 amide bonds. The molecular formula is C26H27N5O. The molecular weight excluding hydrogens is 398 g/mol. The van der Waals surface area contributed by atoms with E-state index >= 15 is 0 Å². The van der Waals surface area contributed by atoms with E-state index in [1.165, 1.54) is 0 Å². The second-order valence-electron chi connectivity index (χ2n) is 8.98. The Bertz CT molecular complexity index is 1190. The van der Waals surface area contributed by atoms with Crippen LogP contribution in [-0.2, 0) is 4.79 Å². The van der Waals surface area contributed by atoms with E-state index in [2.05, 4.69) is 40.5 Å². The first-order valence-electron chi connectivity index (χ1n) is 11.2. The molecule has 2 fully saturated rings. The lowest BCUT2D eigenvalue weighted by Gasteiger charge is -2.40. The Morgan fingerprint density at radius 1 is 1.12 bits per heavy atom. The normalized spacial score (nSPS) is 17.7. The van der Waals surface area contributed by atoms with Gasteiger partial charge in [0.15, 0.2) is 0 Å². The van der Waals surface area contributed by atoms with Gasteiger partial charge in [0.1, 0.15) is 0 Å². The molecule has 3 aromatic rings. The quantitative estimate of drug-likeness (QED) is 0.689. The highest BCUT2D eigenvalue weighted by Gasteiger charge is 2.34. The van der Waals surface area contributed by atoms with Crippen LogP contribution in [0.1, 0.15) is 18.4 Å². The summed E-state index contributed by atoms with van der Waals surface area (Å²) >= 11 is 0. The maximum atomic E-state index is 12.7. The van der Waals surface area contributed by atoms with Gasteiger partial charge >= 0.3 is 0 Å². The fraction of sp³-hybridized carbons (Fsp3) is 0.346. The van der Waals surface area contributed by atoms with Gasteiger partial charge in [-0.3, -0.25) is 9.78 Å². The Morgan fingerprint density at radius 3 is 2.69 bits per heavy atom. The second kappa shape index (κ2) is 8.60. The summed E-state index contributed by atoms with van der Waals surface area (Å²) < 4.78 is 0. The van der Waals surface area contributed by atoms with E-state index in [0.717, 1.165) is 66.6 Å². The van der Waals surface area contributed by atoms with Crippen molar-refractivity contribution < 1.29 is 4.79 Å². The summed E-state index contributed by atoms with van der Waals surface area (Å²) in [5.41, 5.74) is 3.81. The molecule has 0 atom stereocenters. The van der Waals surface area contributed by atoms with E-state index in [1.807, 2.05) is 47.6 Å². The Balaban J connectivity index is 1.35. The molecule has 2 saturated heterocycles. The summed E-state index contributed by atoms with van der Waals surface area (Å²) in [6.45, 7) is 3.37. The number of amides is 1. The van der Waals surface area contributed by atoms with Gasteiger partial charge in [-0.25, -0.2) is 0 Å². The van der Waals surface area contributed by atoms with E-state index < -0.39 is 0 Å². The van der Waals surface area contributed by atoms with E-state index in [9.17, 15) is 10.1 Å². The molecule has 6 heteroatoms. The SMILES string of the molecule is CN1CC(C(=O)N2CCC(Nc3cc(-c4cccc(C#N)c4)cc4ccncc34)CC2)C1. The number of fused-ring (bicyclic) bond motifs is 1. The first-order valence-corrected chi connectivity index (χ1v) is 11.2. The highest BCUT2D eigenvalue weighted by atomic mass is 16.2. The minimum absolute atomic E-state index is 0.181. The molecule has 6 nitrogen and oxygen atoms in total. The summed E-state index contributed by atoms with van der Waals surface area (Å²) in [6, 6.07) is 16.6. The molecule has 162 valence electrons. The van der Waals surface area contributed by atoms with Gasteiger partial charge in [-0.1, -0.05) is 12.1 Å². The van der Waals surface area contributed by atoms with Crippen LogP contribution in [0.25, 0.3) is 21.9 Å². The van der Waals surface area contributed by atoms with Gasteiger partial charge in [-0.05, 0) is 66.7 Å². The van der Waals surface area contributed by atoms with Crippen LogP contribution in [0.2, 0.25) is 0 Å². The summed E-state index contributed by atoms with van der Waals surface area (Å²) in [4.78, 5) is 21.2. The summed E-state index contributed by atoms with van der Waals surface area (Å²) in [7, 11) is 2.06. The molecule has 32 heavy (non-hydrogen) atoms. The summed E-state index contributed by atoms with van der Waals surface area (Å²) in [5.74, 6) is 0.496. The minimum Gasteiger partial charge on any atom is -0.382 e. The zero-order valence-electron chi connectivity index (χ0n) is 18.3. The van der Waals surface area contributed by atoms with Crippen LogP contribution < -0.4 is 5.32 Å². The largest absolute Gasteiger partial charge is 0.382 e. The third-order valence-corrected chi connectivity index (χ3v) is 6.66. The van der Waals surface area contributed by atoms with Crippen LogP contribution in [0.4, 0.5) is 5.69 Å². The smallest absolute Gasteiger partial charge is 0.228 e. The number of nitriles is 1. The van der Waals surface area contributed by atoms with Crippen molar-refractivity contribution in [2.45, 2.75) is 18.9 Å². The molecule has 2 aliphatic rings. The van der Waals surface area contributed by atoms with E-state index in [-0.39, 0.29) is 5.92 Å². The number of likely N-dealkylation sites (tertiary alicyclic amines) is 2. The van der Waals surface area contributed by atoms with Crippen molar-refractivity contribution in [3.63, 3.8) is 0 Å². The van der Waals surface area contributed by atoms with Gasteiger partial charge in [0.25, 0.3) is 0 Å². The first-order chi connectivity index (χ1) is 15.6. The van der Waals surface area contributed by atoms with Crippen LogP contribution in [0, 0.1) is 17.2 Å². The number of benzene rings is 2.